The highest BCUT2D eigenvalue weighted by Crippen LogP contribution is 2.20. The topological polar surface area (TPSA) is 20.2 Å². The van der Waals surface area contributed by atoms with Crippen LogP contribution in [-0.4, -0.2) is 14.6 Å². The predicted molar refractivity (Wildman–Crippen MR) is 143 cm³/mol. The summed E-state index contributed by atoms with van der Waals surface area (Å²) in [7, 11) is 0. The van der Waals surface area contributed by atoms with Crippen LogP contribution in [0.3, 0.4) is 0 Å². The Balaban J connectivity index is 1.56. The quantitative estimate of drug-likeness (QED) is 0.274. The summed E-state index contributed by atoms with van der Waals surface area (Å²) in [6.07, 6.45) is 3.09. The Labute approximate surface area is 206 Å². The number of rotatable bonds is 8. The minimum atomic E-state index is 0.686. The van der Waals surface area contributed by atoms with Crippen LogP contribution in [0.2, 0.25) is 5.02 Å². The number of thiocarbonyl (C=S) groups is 1. The molecule has 0 spiro atoms. The molecule has 4 aromatic rings. The van der Waals surface area contributed by atoms with E-state index in [1.165, 1.54) is 16.8 Å². The molecule has 0 unspecified atom stereocenters. The Morgan fingerprint density at radius 1 is 0.879 bits per heavy atom. The molecule has 3 aromatic carbocycles. The van der Waals surface area contributed by atoms with Crippen LogP contribution >= 0.6 is 23.8 Å². The molecular formula is C28H28ClN3S. The summed E-state index contributed by atoms with van der Waals surface area (Å²) in [5.74, 6) is 0. The summed E-state index contributed by atoms with van der Waals surface area (Å²) < 4.78 is 2.24. The molecule has 0 amide bonds. The number of aromatic nitrogens is 1. The first-order valence-corrected chi connectivity index (χ1v) is 12.0. The van der Waals surface area contributed by atoms with Gasteiger partial charge in [-0.3, -0.25) is 0 Å². The van der Waals surface area contributed by atoms with Gasteiger partial charge in [0.15, 0.2) is 5.11 Å². The average molecular weight is 474 g/mol. The number of hydrogen-bond donors (Lipinski definition) is 1. The fraction of sp³-hybridized carbons (Fsp3) is 0.179. The monoisotopic (exact) mass is 473 g/mol. The lowest BCUT2D eigenvalue weighted by molar-refractivity contribution is 0.399. The van der Waals surface area contributed by atoms with Crippen LogP contribution in [0.1, 0.15) is 29.3 Å². The van der Waals surface area contributed by atoms with Gasteiger partial charge in [-0.25, -0.2) is 0 Å². The van der Waals surface area contributed by atoms with E-state index in [0.717, 1.165) is 35.8 Å². The van der Waals surface area contributed by atoms with Crippen LogP contribution in [0.5, 0.6) is 0 Å². The normalized spacial score (nSPS) is 10.7. The molecule has 0 aliphatic carbocycles. The Morgan fingerprint density at radius 3 is 2.42 bits per heavy atom. The maximum atomic E-state index is 6.42. The van der Waals surface area contributed by atoms with E-state index in [9.17, 15) is 0 Å². The number of hydrogen-bond acceptors (Lipinski definition) is 1. The predicted octanol–water partition coefficient (Wildman–Crippen LogP) is 7.15. The number of anilines is 1. The highest BCUT2D eigenvalue weighted by molar-refractivity contribution is 7.80. The third-order valence-corrected chi connectivity index (χ3v) is 6.39. The molecule has 0 atom stereocenters. The SMILES string of the molecule is CCc1cccc(NC(=S)N(Cc2ccccc2)Cc2cccn2Cc2ccccc2Cl)c1. The van der Waals surface area contributed by atoms with Gasteiger partial charge in [-0.1, -0.05) is 79.2 Å². The molecule has 33 heavy (non-hydrogen) atoms. The average Bonchev–Trinajstić information content (AvgIpc) is 3.27. The molecule has 168 valence electrons. The minimum absolute atomic E-state index is 0.686. The van der Waals surface area contributed by atoms with E-state index in [2.05, 4.69) is 94.6 Å². The summed E-state index contributed by atoms with van der Waals surface area (Å²) >= 11 is 12.3. The molecule has 1 N–H and O–H groups in total. The number of aryl methyl sites for hydroxylation is 1. The molecule has 0 radical (unpaired) electrons. The second-order valence-electron chi connectivity index (χ2n) is 8.04. The van der Waals surface area contributed by atoms with Gasteiger partial charge in [0.2, 0.25) is 0 Å². The van der Waals surface area contributed by atoms with Crippen molar-refractivity contribution >= 4 is 34.6 Å². The van der Waals surface area contributed by atoms with Crippen LogP contribution in [-0.2, 0) is 26.1 Å². The fourth-order valence-corrected chi connectivity index (χ4v) is 4.27. The van der Waals surface area contributed by atoms with Crippen molar-refractivity contribution in [2.75, 3.05) is 5.32 Å². The Hall–Kier alpha value is -3.08. The van der Waals surface area contributed by atoms with Crippen molar-refractivity contribution in [2.24, 2.45) is 0 Å². The summed E-state index contributed by atoms with van der Waals surface area (Å²) in [5.41, 5.74) is 5.80. The van der Waals surface area contributed by atoms with E-state index >= 15 is 0 Å². The molecule has 0 bridgehead atoms. The lowest BCUT2D eigenvalue weighted by Crippen LogP contribution is -2.34. The molecule has 4 rings (SSSR count). The van der Waals surface area contributed by atoms with Crippen LogP contribution in [0, 0.1) is 0 Å². The van der Waals surface area contributed by atoms with Crippen LogP contribution in [0.15, 0.2) is 97.2 Å². The van der Waals surface area contributed by atoms with Gasteiger partial charge in [-0.2, -0.15) is 0 Å². The van der Waals surface area contributed by atoms with Crippen molar-refractivity contribution in [3.05, 3.63) is 125 Å². The van der Waals surface area contributed by atoms with Crippen LogP contribution in [0.25, 0.3) is 0 Å². The minimum Gasteiger partial charge on any atom is -0.345 e. The van der Waals surface area contributed by atoms with Gasteiger partial charge >= 0.3 is 0 Å². The highest BCUT2D eigenvalue weighted by atomic mass is 35.5. The number of benzene rings is 3. The van der Waals surface area contributed by atoms with Crippen molar-refractivity contribution in [3.63, 3.8) is 0 Å². The van der Waals surface area contributed by atoms with Crippen LogP contribution in [0.4, 0.5) is 5.69 Å². The molecule has 5 heteroatoms. The molecule has 0 aliphatic heterocycles. The molecule has 3 nitrogen and oxygen atoms in total. The van der Waals surface area contributed by atoms with Crippen molar-refractivity contribution in [2.45, 2.75) is 33.0 Å². The maximum absolute atomic E-state index is 6.42. The van der Waals surface area contributed by atoms with Gasteiger partial charge < -0.3 is 14.8 Å². The molecule has 0 fully saturated rings. The lowest BCUT2D eigenvalue weighted by Gasteiger charge is -2.27. The van der Waals surface area contributed by atoms with Crippen molar-refractivity contribution in [1.29, 1.82) is 0 Å². The van der Waals surface area contributed by atoms with Gasteiger partial charge in [-0.15, -0.1) is 0 Å². The summed E-state index contributed by atoms with van der Waals surface area (Å²) in [6.45, 7) is 4.29. The zero-order valence-corrected chi connectivity index (χ0v) is 20.3. The van der Waals surface area contributed by atoms with Gasteiger partial charge in [0.05, 0.1) is 6.54 Å². The smallest absolute Gasteiger partial charge is 0.174 e. The molecule has 1 heterocycles. The molecule has 0 saturated heterocycles. The third-order valence-electron chi connectivity index (χ3n) is 5.66. The number of nitrogens with one attached hydrogen (secondary N) is 1. The van der Waals surface area contributed by atoms with E-state index in [4.69, 9.17) is 23.8 Å². The second kappa shape index (κ2) is 11.2. The second-order valence-corrected chi connectivity index (χ2v) is 8.84. The van der Waals surface area contributed by atoms with E-state index in [1.807, 2.05) is 24.3 Å². The maximum Gasteiger partial charge on any atom is 0.174 e. The van der Waals surface area contributed by atoms with Gasteiger partial charge in [0.25, 0.3) is 0 Å². The zero-order valence-electron chi connectivity index (χ0n) is 18.7. The number of halogens is 1. The number of nitrogens with zero attached hydrogens (tertiary/aromatic N) is 2. The van der Waals surface area contributed by atoms with Crippen molar-refractivity contribution in [3.8, 4) is 0 Å². The van der Waals surface area contributed by atoms with E-state index in [0.29, 0.717) is 11.7 Å². The van der Waals surface area contributed by atoms with E-state index in [1.54, 1.807) is 0 Å². The van der Waals surface area contributed by atoms with Crippen molar-refractivity contribution in [1.82, 2.24) is 9.47 Å². The molecule has 0 aliphatic rings. The first-order chi connectivity index (χ1) is 16.1. The largest absolute Gasteiger partial charge is 0.345 e. The lowest BCUT2D eigenvalue weighted by atomic mass is 10.1. The summed E-state index contributed by atoms with van der Waals surface area (Å²) in [4.78, 5) is 2.21. The fourth-order valence-electron chi connectivity index (χ4n) is 3.83. The first-order valence-electron chi connectivity index (χ1n) is 11.2. The molecule has 0 saturated carbocycles. The zero-order chi connectivity index (χ0) is 23.0. The first kappa shape index (κ1) is 23.1. The van der Waals surface area contributed by atoms with Gasteiger partial charge in [0.1, 0.15) is 0 Å². The standard InChI is InChI=1S/C28H28ClN3S/c1-2-22-12-8-14-25(18-22)30-28(33)32(19-23-10-4-3-5-11-23)21-26-15-9-17-31(26)20-24-13-6-7-16-27(24)29/h3-18H,2,19-21H2,1H3,(H,30,33). The third kappa shape index (κ3) is 6.25. The van der Waals surface area contributed by atoms with E-state index in [-0.39, 0.29) is 0 Å². The Bertz CT molecular complexity index is 1200. The molecular weight excluding hydrogens is 446 g/mol. The summed E-state index contributed by atoms with van der Waals surface area (Å²) in [6, 6.07) is 31.1. The van der Waals surface area contributed by atoms with E-state index < -0.39 is 0 Å². The Morgan fingerprint density at radius 2 is 1.64 bits per heavy atom. The highest BCUT2D eigenvalue weighted by Gasteiger charge is 2.15. The summed E-state index contributed by atoms with van der Waals surface area (Å²) in [5, 5.41) is 4.94. The molecule has 1 aromatic heterocycles. The Kier molecular flexibility index (Phi) is 7.82. The van der Waals surface area contributed by atoms with Crippen LogP contribution < -0.4 is 5.32 Å². The van der Waals surface area contributed by atoms with Crippen molar-refractivity contribution < 1.29 is 0 Å². The van der Waals surface area contributed by atoms with Gasteiger partial charge in [0, 0.05) is 35.7 Å². The van der Waals surface area contributed by atoms with Gasteiger partial charge in [-0.05, 0) is 65.7 Å².